The van der Waals surface area contributed by atoms with E-state index in [2.05, 4.69) is 9.46 Å². The van der Waals surface area contributed by atoms with Crippen LogP contribution < -0.4 is 4.72 Å². The van der Waals surface area contributed by atoms with Crippen molar-refractivity contribution in [3.8, 4) is 0 Å². The molecule has 0 radical (unpaired) electrons. The van der Waals surface area contributed by atoms with Crippen LogP contribution in [0.1, 0.15) is 31.4 Å². The highest BCUT2D eigenvalue weighted by atomic mass is 32.2. The van der Waals surface area contributed by atoms with Crippen molar-refractivity contribution in [3.05, 3.63) is 35.4 Å². The van der Waals surface area contributed by atoms with Gasteiger partial charge in [-0.1, -0.05) is 38.1 Å². The summed E-state index contributed by atoms with van der Waals surface area (Å²) in [5.41, 5.74) is 1.62. The normalized spacial score (nSPS) is 13.2. The van der Waals surface area contributed by atoms with Gasteiger partial charge in [0.15, 0.2) is 0 Å². The standard InChI is InChI=1S/C15H23NO4S/c1-11(2)9-14(15(17)20-4)16-21(18,19)10-13-8-6-5-7-12(13)3/h5-8,11,14,16H,9-10H2,1-4H3. The molecule has 0 saturated carbocycles. The first-order chi connectivity index (χ1) is 9.75. The molecule has 0 aliphatic rings. The Balaban J connectivity index is 2.86. The molecule has 0 amide bonds. The summed E-state index contributed by atoms with van der Waals surface area (Å²) in [7, 11) is -2.35. The van der Waals surface area contributed by atoms with Gasteiger partial charge in [0.25, 0.3) is 0 Å². The molecular weight excluding hydrogens is 290 g/mol. The number of carbonyl (C=O) groups is 1. The van der Waals surface area contributed by atoms with Crippen molar-refractivity contribution in [2.24, 2.45) is 5.92 Å². The van der Waals surface area contributed by atoms with Crippen LogP contribution in [0.5, 0.6) is 0 Å². The number of benzene rings is 1. The molecule has 0 bridgehead atoms. The maximum absolute atomic E-state index is 12.2. The van der Waals surface area contributed by atoms with E-state index >= 15 is 0 Å². The molecule has 0 aromatic heterocycles. The fourth-order valence-corrected chi connectivity index (χ4v) is 3.48. The summed E-state index contributed by atoms with van der Waals surface area (Å²) in [6.45, 7) is 5.70. The van der Waals surface area contributed by atoms with E-state index in [1.54, 1.807) is 12.1 Å². The van der Waals surface area contributed by atoms with Crippen molar-refractivity contribution in [1.29, 1.82) is 0 Å². The van der Waals surface area contributed by atoms with Gasteiger partial charge in [0, 0.05) is 0 Å². The Labute approximate surface area is 126 Å². The molecule has 6 heteroatoms. The minimum Gasteiger partial charge on any atom is -0.468 e. The van der Waals surface area contributed by atoms with E-state index in [9.17, 15) is 13.2 Å². The van der Waals surface area contributed by atoms with Gasteiger partial charge >= 0.3 is 5.97 Å². The average molecular weight is 313 g/mol. The molecule has 1 aromatic rings. The summed E-state index contributed by atoms with van der Waals surface area (Å²) in [5.74, 6) is -0.530. The van der Waals surface area contributed by atoms with Crippen molar-refractivity contribution < 1.29 is 17.9 Å². The van der Waals surface area contributed by atoms with E-state index in [0.29, 0.717) is 6.42 Å². The van der Waals surface area contributed by atoms with Crippen LogP contribution in [0.2, 0.25) is 0 Å². The lowest BCUT2D eigenvalue weighted by Crippen LogP contribution is -2.42. The minimum atomic E-state index is -3.61. The summed E-state index contributed by atoms with van der Waals surface area (Å²) >= 11 is 0. The topological polar surface area (TPSA) is 72.5 Å². The van der Waals surface area contributed by atoms with Gasteiger partial charge in [0.1, 0.15) is 6.04 Å². The van der Waals surface area contributed by atoms with E-state index in [1.165, 1.54) is 7.11 Å². The summed E-state index contributed by atoms with van der Waals surface area (Å²) in [6.07, 6.45) is 0.402. The molecular formula is C15H23NO4S. The van der Waals surface area contributed by atoms with Crippen molar-refractivity contribution >= 4 is 16.0 Å². The zero-order valence-corrected chi connectivity index (χ0v) is 13.7. The number of carbonyl (C=O) groups excluding carboxylic acids is 1. The number of hydrogen-bond donors (Lipinski definition) is 1. The second-order valence-electron chi connectivity index (χ2n) is 5.51. The molecule has 0 aliphatic carbocycles. The van der Waals surface area contributed by atoms with Gasteiger partial charge in [0.2, 0.25) is 10.0 Å². The first-order valence-corrected chi connectivity index (χ1v) is 8.52. The Morgan fingerprint density at radius 1 is 1.29 bits per heavy atom. The van der Waals surface area contributed by atoms with Crippen LogP contribution in [-0.4, -0.2) is 27.5 Å². The highest BCUT2D eigenvalue weighted by molar-refractivity contribution is 7.88. The van der Waals surface area contributed by atoms with Gasteiger partial charge in [-0.2, -0.15) is 0 Å². The quantitative estimate of drug-likeness (QED) is 0.782. The van der Waals surface area contributed by atoms with E-state index in [0.717, 1.165) is 11.1 Å². The van der Waals surface area contributed by atoms with Gasteiger partial charge in [-0.05, 0) is 30.4 Å². The molecule has 5 nitrogen and oxygen atoms in total. The number of esters is 1. The fraction of sp³-hybridized carbons (Fsp3) is 0.533. The van der Waals surface area contributed by atoms with Crippen LogP contribution >= 0.6 is 0 Å². The highest BCUT2D eigenvalue weighted by Gasteiger charge is 2.26. The molecule has 0 fully saturated rings. The van der Waals surface area contributed by atoms with Crippen molar-refractivity contribution in [1.82, 2.24) is 4.72 Å². The molecule has 1 atom stereocenters. The van der Waals surface area contributed by atoms with Crippen LogP contribution in [0.3, 0.4) is 0 Å². The molecule has 21 heavy (non-hydrogen) atoms. The Bertz CT molecular complexity index is 581. The van der Waals surface area contributed by atoms with Crippen molar-refractivity contribution in [2.45, 2.75) is 39.0 Å². The predicted octanol–water partition coefficient (Wildman–Crippen LogP) is 2.00. The third-order valence-electron chi connectivity index (χ3n) is 3.12. The second-order valence-corrected chi connectivity index (χ2v) is 7.26. The van der Waals surface area contributed by atoms with Gasteiger partial charge in [-0.3, -0.25) is 4.79 Å². The molecule has 1 aromatic carbocycles. The van der Waals surface area contributed by atoms with E-state index < -0.39 is 22.0 Å². The summed E-state index contributed by atoms with van der Waals surface area (Å²) < 4.78 is 31.6. The molecule has 0 saturated heterocycles. The first-order valence-electron chi connectivity index (χ1n) is 6.87. The third kappa shape index (κ3) is 5.85. The van der Waals surface area contributed by atoms with Gasteiger partial charge in [0.05, 0.1) is 12.9 Å². The zero-order chi connectivity index (χ0) is 16.0. The molecule has 1 N–H and O–H groups in total. The van der Waals surface area contributed by atoms with Crippen molar-refractivity contribution in [2.75, 3.05) is 7.11 Å². The molecule has 0 spiro atoms. The lowest BCUT2D eigenvalue weighted by molar-refractivity contribution is -0.143. The number of nitrogens with one attached hydrogen (secondary N) is 1. The van der Waals surface area contributed by atoms with Gasteiger partial charge < -0.3 is 4.74 Å². The minimum absolute atomic E-state index is 0.148. The molecule has 0 heterocycles. The van der Waals surface area contributed by atoms with Crippen LogP contribution in [-0.2, 0) is 25.3 Å². The number of hydrogen-bond acceptors (Lipinski definition) is 4. The Kier molecular flexibility index (Phi) is 6.36. The van der Waals surface area contributed by atoms with Crippen molar-refractivity contribution in [3.63, 3.8) is 0 Å². The summed E-state index contributed by atoms with van der Waals surface area (Å²) in [5, 5.41) is 0. The van der Waals surface area contributed by atoms with E-state index in [1.807, 2.05) is 32.9 Å². The maximum Gasteiger partial charge on any atom is 0.323 e. The average Bonchev–Trinajstić information content (AvgIpc) is 2.38. The maximum atomic E-state index is 12.2. The Morgan fingerprint density at radius 2 is 1.90 bits per heavy atom. The monoisotopic (exact) mass is 313 g/mol. The molecule has 118 valence electrons. The van der Waals surface area contributed by atoms with Gasteiger partial charge in [-0.25, -0.2) is 13.1 Å². The number of ether oxygens (including phenoxy) is 1. The Hall–Kier alpha value is -1.40. The van der Waals surface area contributed by atoms with Gasteiger partial charge in [-0.15, -0.1) is 0 Å². The zero-order valence-electron chi connectivity index (χ0n) is 12.9. The van der Waals surface area contributed by atoms with E-state index in [-0.39, 0.29) is 11.7 Å². The van der Waals surface area contributed by atoms with Crippen LogP contribution in [0.4, 0.5) is 0 Å². The fourth-order valence-electron chi connectivity index (χ4n) is 2.04. The third-order valence-corrected chi connectivity index (χ3v) is 4.46. The predicted molar refractivity (Wildman–Crippen MR) is 82.2 cm³/mol. The highest BCUT2D eigenvalue weighted by Crippen LogP contribution is 2.13. The number of methoxy groups -OCH3 is 1. The lowest BCUT2D eigenvalue weighted by Gasteiger charge is -2.18. The smallest absolute Gasteiger partial charge is 0.323 e. The van der Waals surface area contributed by atoms with Crippen LogP contribution in [0, 0.1) is 12.8 Å². The summed E-state index contributed by atoms with van der Waals surface area (Å²) in [6, 6.07) is 6.43. The first kappa shape index (κ1) is 17.7. The molecule has 1 unspecified atom stereocenters. The number of aryl methyl sites for hydroxylation is 1. The largest absolute Gasteiger partial charge is 0.468 e. The number of sulfonamides is 1. The molecule has 0 aliphatic heterocycles. The lowest BCUT2D eigenvalue weighted by atomic mass is 10.1. The number of rotatable bonds is 7. The summed E-state index contributed by atoms with van der Waals surface area (Å²) in [4.78, 5) is 11.7. The SMILES string of the molecule is COC(=O)C(CC(C)C)NS(=O)(=O)Cc1ccccc1C. The second kappa shape index (κ2) is 7.56. The van der Waals surface area contributed by atoms with Crippen LogP contribution in [0.15, 0.2) is 24.3 Å². The molecule has 1 rings (SSSR count). The Morgan fingerprint density at radius 3 is 2.43 bits per heavy atom. The van der Waals surface area contributed by atoms with Crippen LogP contribution in [0.25, 0.3) is 0 Å². The van der Waals surface area contributed by atoms with E-state index in [4.69, 9.17) is 0 Å².